The largest absolute Gasteiger partial charge is 0.511 e. The first kappa shape index (κ1) is 26.1. The zero-order valence-corrected chi connectivity index (χ0v) is 19.3. The van der Waals surface area contributed by atoms with E-state index in [2.05, 4.69) is 15.0 Å². The lowest BCUT2D eigenvalue weighted by molar-refractivity contribution is -0.151. The van der Waals surface area contributed by atoms with Crippen LogP contribution in [0.15, 0.2) is 12.3 Å². The number of alkyl halides is 3. The SMILES string of the molecule is COC(=O)C(C)(C)N([C@@H](C)COc1cnc(Cl)c(C(=O)NC2CC2)c1)S(=O)(=O)C(F)(F)F. The van der Waals surface area contributed by atoms with Crippen LogP contribution in [0.4, 0.5) is 13.2 Å². The fourth-order valence-corrected chi connectivity index (χ4v) is 4.60. The molecule has 2 rings (SSSR count). The van der Waals surface area contributed by atoms with E-state index in [4.69, 9.17) is 16.3 Å². The molecule has 1 aromatic rings. The maximum Gasteiger partial charge on any atom is 0.511 e. The number of amides is 1. The number of carbonyl (C=O) groups is 2. The van der Waals surface area contributed by atoms with Gasteiger partial charge in [0, 0.05) is 6.04 Å². The van der Waals surface area contributed by atoms with Crippen molar-refractivity contribution in [3.8, 4) is 5.75 Å². The second-order valence-corrected chi connectivity index (χ2v) is 9.88. The molecule has 0 aliphatic heterocycles. The molecule has 1 fully saturated rings. The summed E-state index contributed by atoms with van der Waals surface area (Å²) in [6.45, 7) is 2.52. The fraction of sp³-hybridized carbons (Fsp3) is 0.611. The van der Waals surface area contributed by atoms with Crippen LogP contribution < -0.4 is 10.1 Å². The molecule has 1 saturated carbocycles. The third kappa shape index (κ3) is 5.62. The van der Waals surface area contributed by atoms with Crippen molar-refractivity contribution in [3.63, 3.8) is 0 Å². The molecule has 0 saturated heterocycles. The molecule has 1 amide bonds. The average molecular weight is 502 g/mol. The smallest absolute Gasteiger partial charge is 0.490 e. The van der Waals surface area contributed by atoms with Crippen LogP contribution in [0.1, 0.15) is 44.0 Å². The van der Waals surface area contributed by atoms with Gasteiger partial charge in [0.25, 0.3) is 5.91 Å². The summed E-state index contributed by atoms with van der Waals surface area (Å²) in [7, 11) is -5.01. The molecule has 180 valence electrons. The highest BCUT2D eigenvalue weighted by atomic mass is 35.5. The number of nitrogens with zero attached hydrogens (tertiary/aromatic N) is 2. The quantitative estimate of drug-likeness (QED) is 0.408. The molecule has 1 aliphatic carbocycles. The number of nitrogens with one attached hydrogen (secondary N) is 1. The Morgan fingerprint density at radius 1 is 1.34 bits per heavy atom. The number of hydrogen-bond acceptors (Lipinski definition) is 7. The number of hydrogen-bond donors (Lipinski definition) is 1. The van der Waals surface area contributed by atoms with E-state index >= 15 is 0 Å². The number of methoxy groups -OCH3 is 1. The van der Waals surface area contributed by atoms with Gasteiger partial charge in [0.2, 0.25) is 0 Å². The van der Waals surface area contributed by atoms with E-state index in [1.807, 2.05) is 0 Å². The minimum atomic E-state index is -5.94. The van der Waals surface area contributed by atoms with Gasteiger partial charge in [0.1, 0.15) is 23.0 Å². The van der Waals surface area contributed by atoms with Gasteiger partial charge in [-0.05, 0) is 39.7 Å². The molecule has 14 heteroatoms. The van der Waals surface area contributed by atoms with Crippen molar-refractivity contribution >= 4 is 33.5 Å². The van der Waals surface area contributed by atoms with Crippen molar-refractivity contribution in [1.82, 2.24) is 14.6 Å². The molecular formula is C18H23ClF3N3O6S. The number of carbonyl (C=O) groups excluding carboxylic acids is 2. The summed E-state index contributed by atoms with van der Waals surface area (Å²) in [5.74, 6) is -1.71. The van der Waals surface area contributed by atoms with Crippen molar-refractivity contribution < 1.29 is 40.7 Å². The van der Waals surface area contributed by atoms with Crippen LogP contribution >= 0.6 is 11.6 Å². The average Bonchev–Trinajstić information content (AvgIpc) is 3.49. The van der Waals surface area contributed by atoms with Gasteiger partial charge in [-0.3, -0.25) is 9.59 Å². The molecule has 1 atom stereocenters. The van der Waals surface area contributed by atoms with Crippen LogP contribution in [-0.4, -0.2) is 66.4 Å². The summed E-state index contributed by atoms with van der Waals surface area (Å²) in [6.07, 6.45) is 2.81. The Morgan fingerprint density at radius 2 is 1.94 bits per heavy atom. The van der Waals surface area contributed by atoms with Crippen LogP contribution in [0.3, 0.4) is 0 Å². The van der Waals surface area contributed by atoms with E-state index < -0.39 is 45.6 Å². The van der Waals surface area contributed by atoms with Crippen molar-refractivity contribution in [3.05, 3.63) is 23.0 Å². The third-order valence-electron chi connectivity index (χ3n) is 4.65. The van der Waals surface area contributed by atoms with Gasteiger partial charge in [-0.15, -0.1) is 0 Å². The van der Waals surface area contributed by atoms with Crippen LogP contribution in [0.25, 0.3) is 0 Å². The maximum atomic E-state index is 13.3. The third-order valence-corrected chi connectivity index (χ3v) is 6.87. The summed E-state index contributed by atoms with van der Waals surface area (Å²) >= 11 is 5.94. The Bertz CT molecular complexity index is 983. The van der Waals surface area contributed by atoms with Crippen molar-refractivity contribution in [2.24, 2.45) is 0 Å². The highest BCUT2D eigenvalue weighted by Gasteiger charge is 2.58. The fourth-order valence-electron chi connectivity index (χ4n) is 2.98. The van der Waals surface area contributed by atoms with Crippen LogP contribution in [0.2, 0.25) is 5.15 Å². The van der Waals surface area contributed by atoms with Crippen molar-refractivity contribution in [1.29, 1.82) is 0 Å². The Balaban J connectivity index is 2.27. The molecule has 9 nitrogen and oxygen atoms in total. The number of esters is 1. The molecule has 0 radical (unpaired) electrons. The van der Waals surface area contributed by atoms with Crippen LogP contribution in [0.5, 0.6) is 5.75 Å². The first-order chi connectivity index (χ1) is 14.6. The zero-order chi connectivity index (χ0) is 24.5. The summed E-state index contributed by atoms with van der Waals surface area (Å²) < 4.78 is 74.3. The number of aromatic nitrogens is 1. The standard InChI is InChI=1S/C18H23ClF3N3O6S/c1-10(25(17(2,3)16(27)30-4)32(28,29)18(20,21)22)9-31-12-7-13(14(19)23-8-12)15(26)24-11-5-6-11/h7-8,10-11H,5-6,9H2,1-4H3,(H,24,26)/t10-/m0/s1. The zero-order valence-electron chi connectivity index (χ0n) is 17.7. The predicted molar refractivity (Wildman–Crippen MR) is 108 cm³/mol. The van der Waals surface area contributed by atoms with Crippen LogP contribution in [0, 0.1) is 0 Å². The number of rotatable bonds is 9. The summed E-state index contributed by atoms with van der Waals surface area (Å²) in [5, 5.41) is 2.61. The van der Waals surface area contributed by atoms with E-state index in [0.717, 1.165) is 46.9 Å². The summed E-state index contributed by atoms with van der Waals surface area (Å²) in [6, 6.07) is -0.173. The Hall–Kier alpha value is -2.12. The van der Waals surface area contributed by atoms with Gasteiger partial charge in [0.15, 0.2) is 0 Å². The molecular weight excluding hydrogens is 479 g/mol. The maximum absolute atomic E-state index is 13.3. The first-order valence-electron chi connectivity index (χ1n) is 9.41. The molecule has 0 bridgehead atoms. The minimum absolute atomic E-state index is 0.00150. The lowest BCUT2D eigenvalue weighted by atomic mass is 10.0. The Labute approximate surface area is 188 Å². The van der Waals surface area contributed by atoms with E-state index in [1.54, 1.807) is 0 Å². The molecule has 32 heavy (non-hydrogen) atoms. The normalized spacial score (nSPS) is 15.9. The van der Waals surface area contributed by atoms with Gasteiger partial charge in [-0.2, -0.15) is 17.5 Å². The number of pyridine rings is 1. The minimum Gasteiger partial charge on any atom is -0.490 e. The molecule has 1 N–H and O–H groups in total. The topological polar surface area (TPSA) is 115 Å². The van der Waals surface area contributed by atoms with Gasteiger partial charge in [0.05, 0.1) is 24.9 Å². The van der Waals surface area contributed by atoms with Gasteiger partial charge in [-0.1, -0.05) is 11.6 Å². The number of sulfonamides is 1. The van der Waals surface area contributed by atoms with Crippen LogP contribution in [-0.2, 0) is 19.6 Å². The molecule has 0 spiro atoms. The Kier molecular flexibility index (Phi) is 7.67. The molecule has 1 heterocycles. The highest BCUT2D eigenvalue weighted by molar-refractivity contribution is 7.90. The van der Waals surface area contributed by atoms with E-state index in [9.17, 15) is 31.2 Å². The number of halogens is 4. The van der Waals surface area contributed by atoms with E-state index in [0.29, 0.717) is 0 Å². The van der Waals surface area contributed by atoms with E-state index in [1.165, 1.54) is 6.07 Å². The predicted octanol–water partition coefficient (Wildman–Crippen LogP) is 2.50. The van der Waals surface area contributed by atoms with E-state index in [-0.39, 0.29) is 26.8 Å². The second-order valence-electron chi connectivity index (χ2n) is 7.71. The second kappa shape index (κ2) is 9.40. The highest BCUT2D eigenvalue weighted by Crippen LogP contribution is 2.34. The molecule has 0 aromatic carbocycles. The molecule has 0 unspecified atom stereocenters. The van der Waals surface area contributed by atoms with Gasteiger partial charge in [-0.25, -0.2) is 13.4 Å². The van der Waals surface area contributed by atoms with Crippen molar-refractivity contribution in [2.45, 2.75) is 56.7 Å². The first-order valence-corrected chi connectivity index (χ1v) is 11.2. The lowest BCUT2D eigenvalue weighted by Crippen LogP contribution is -2.61. The summed E-state index contributed by atoms with van der Waals surface area (Å²) in [4.78, 5) is 28.1. The van der Waals surface area contributed by atoms with Gasteiger partial charge < -0.3 is 14.8 Å². The molecule has 1 aromatic heterocycles. The number of ether oxygens (including phenoxy) is 2. The summed E-state index contributed by atoms with van der Waals surface area (Å²) in [5.41, 5.74) is -7.86. The molecule has 1 aliphatic rings. The van der Waals surface area contributed by atoms with Gasteiger partial charge >= 0.3 is 21.5 Å². The Morgan fingerprint density at radius 3 is 2.44 bits per heavy atom. The van der Waals surface area contributed by atoms with Crippen molar-refractivity contribution in [2.75, 3.05) is 13.7 Å². The lowest BCUT2D eigenvalue weighted by Gasteiger charge is -2.38. The monoisotopic (exact) mass is 501 g/mol.